The summed E-state index contributed by atoms with van der Waals surface area (Å²) in [6.45, 7) is 6.98. The second kappa shape index (κ2) is 24.2. The van der Waals surface area contributed by atoms with Crippen molar-refractivity contribution in [3.8, 4) is 0 Å². The van der Waals surface area contributed by atoms with Gasteiger partial charge in [-0.3, -0.25) is 0 Å². The van der Waals surface area contributed by atoms with E-state index < -0.39 is 12.3 Å². The summed E-state index contributed by atoms with van der Waals surface area (Å²) >= 11 is 0. The van der Waals surface area contributed by atoms with Gasteiger partial charge in [-0.25, -0.2) is 9.59 Å². The van der Waals surface area contributed by atoms with Gasteiger partial charge in [0.2, 0.25) is 0 Å². The minimum Gasteiger partial charge on any atom is -0.434 e. The lowest BCUT2D eigenvalue weighted by Gasteiger charge is -2.19. The van der Waals surface area contributed by atoms with Crippen LogP contribution in [0.5, 0.6) is 0 Å². The van der Waals surface area contributed by atoms with Crippen LogP contribution in [-0.2, 0) is 28.4 Å². The zero-order valence-corrected chi connectivity index (χ0v) is 23.0. The van der Waals surface area contributed by atoms with Crippen LogP contribution in [0.1, 0.15) is 111 Å². The molecule has 0 radical (unpaired) electrons. The van der Waals surface area contributed by atoms with Gasteiger partial charge < -0.3 is 28.4 Å². The molecule has 0 aromatic heterocycles. The Morgan fingerprint density at radius 1 is 0.571 bits per heavy atom. The SMILES string of the molecule is CCCCC(CCCCCCCCCCOC(=O)OCC(CC)OC)OC(=O)OCC(CC)OC. The molecule has 0 heterocycles. The van der Waals surface area contributed by atoms with E-state index in [9.17, 15) is 9.59 Å². The maximum absolute atomic E-state index is 12.0. The summed E-state index contributed by atoms with van der Waals surface area (Å²) in [6, 6.07) is 0. The second-order valence-corrected chi connectivity index (χ2v) is 9.00. The third-order valence-electron chi connectivity index (χ3n) is 6.13. The van der Waals surface area contributed by atoms with Gasteiger partial charge in [-0.1, -0.05) is 72.1 Å². The predicted molar refractivity (Wildman–Crippen MR) is 137 cm³/mol. The smallest absolute Gasteiger partial charge is 0.434 e. The highest BCUT2D eigenvalue weighted by molar-refractivity contribution is 5.60. The van der Waals surface area contributed by atoms with Crippen molar-refractivity contribution in [1.82, 2.24) is 0 Å². The number of carbonyl (C=O) groups excluding carboxylic acids is 2. The van der Waals surface area contributed by atoms with E-state index in [1.807, 2.05) is 13.8 Å². The zero-order chi connectivity index (χ0) is 26.2. The molecule has 0 spiro atoms. The number of hydrogen-bond acceptors (Lipinski definition) is 8. The maximum Gasteiger partial charge on any atom is 0.508 e. The van der Waals surface area contributed by atoms with Crippen molar-refractivity contribution in [3.63, 3.8) is 0 Å². The second-order valence-electron chi connectivity index (χ2n) is 9.00. The van der Waals surface area contributed by atoms with Gasteiger partial charge in [0, 0.05) is 14.2 Å². The van der Waals surface area contributed by atoms with Gasteiger partial charge in [0.15, 0.2) is 0 Å². The van der Waals surface area contributed by atoms with Crippen molar-refractivity contribution < 1.29 is 38.0 Å². The number of methoxy groups -OCH3 is 2. The molecule has 3 atom stereocenters. The zero-order valence-electron chi connectivity index (χ0n) is 23.0. The van der Waals surface area contributed by atoms with Crippen molar-refractivity contribution in [2.24, 2.45) is 0 Å². The minimum absolute atomic E-state index is 0.0703. The lowest BCUT2D eigenvalue weighted by molar-refractivity contribution is -0.0177. The van der Waals surface area contributed by atoms with E-state index in [1.165, 1.54) is 19.3 Å². The summed E-state index contributed by atoms with van der Waals surface area (Å²) < 4.78 is 31.3. The molecule has 208 valence electrons. The Kier molecular flexibility index (Phi) is 23.1. The van der Waals surface area contributed by atoms with E-state index in [1.54, 1.807) is 14.2 Å². The molecule has 0 aromatic carbocycles. The lowest BCUT2D eigenvalue weighted by atomic mass is 10.0. The van der Waals surface area contributed by atoms with Gasteiger partial charge >= 0.3 is 12.3 Å². The average molecular weight is 505 g/mol. The summed E-state index contributed by atoms with van der Waals surface area (Å²) in [4.78, 5) is 23.5. The number of hydrogen-bond donors (Lipinski definition) is 0. The van der Waals surface area contributed by atoms with Crippen LogP contribution < -0.4 is 0 Å². The van der Waals surface area contributed by atoms with Crippen molar-refractivity contribution in [2.75, 3.05) is 34.0 Å². The van der Waals surface area contributed by atoms with E-state index in [2.05, 4.69) is 6.92 Å². The fourth-order valence-corrected chi connectivity index (χ4v) is 3.62. The first-order valence-electron chi connectivity index (χ1n) is 13.7. The van der Waals surface area contributed by atoms with Crippen molar-refractivity contribution >= 4 is 12.3 Å². The first-order chi connectivity index (χ1) is 17.0. The Morgan fingerprint density at radius 3 is 1.57 bits per heavy atom. The van der Waals surface area contributed by atoms with Crippen LogP contribution in [0.2, 0.25) is 0 Å². The molecule has 0 saturated carbocycles. The molecular weight excluding hydrogens is 452 g/mol. The molecule has 0 saturated heterocycles. The highest BCUT2D eigenvalue weighted by Crippen LogP contribution is 2.16. The highest BCUT2D eigenvalue weighted by atomic mass is 16.7. The van der Waals surface area contributed by atoms with E-state index in [0.29, 0.717) is 6.61 Å². The number of carbonyl (C=O) groups is 2. The highest BCUT2D eigenvalue weighted by Gasteiger charge is 2.17. The van der Waals surface area contributed by atoms with Crippen molar-refractivity contribution in [1.29, 1.82) is 0 Å². The monoisotopic (exact) mass is 504 g/mol. The maximum atomic E-state index is 12.0. The summed E-state index contributed by atoms with van der Waals surface area (Å²) in [6.07, 6.45) is 12.8. The van der Waals surface area contributed by atoms with Crippen molar-refractivity contribution in [3.05, 3.63) is 0 Å². The molecule has 0 N–H and O–H groups in total. The Morgan fingerprint density at radius 2 is 1.06 bits per heavy atom. The molecule has 0 aliphatic heterocycles. The molecule has 3 unspecified atom stereocenters. The quantitative estimate of drug-likeness (QED) is 0.106. The number of ether oxygens (including phenoxy) is 6. The van der Waals surface area contributed by atoms with Gasteiger partial charge in [-0.05, 0) is 38.5 Å². The first-order valence-corrected chi connectivity index (χ1v) is 13.7. The predicted octanol–water partition coefficient (Wildman–Crippen LogP) is 7.21. The molecule has 0 rings (SSSR count). The largest absolute Gasteiger partial charge is 0.508 e. The fraction of sp³-hybridized carbons (Fsp3) is 0.926. The van der Waals surface area contributed by atoms with Crippen LogP contribution in [0.25, 0.3) is 0 Å². The van der Waals surface area contributed by atoms with Crippen LogP contribution in [0.15, 0.2) is 0 Å². The van der Waals surface area contributed by atoms with E-state index in [-0.39, 0.29) is 31.5 Å². The summed E-state index contributed by atoms with van der Waals surface area (Å²) in [5.41, 5.74) is 0. The van der Waals surface area contributed by atoms with Crippen LogP contribution >= 0.6 is 0 Å². The van der Waals surface area contributed by atoms with Crippen LogP contribution in [0.4, 0.5) is 9.59 Å². The molecule has 8 nitrogen and oxygen atoms in total. The minimum atomic E-state index is -0.616. The normalized spacial score (nSPS) is 13.6. The van der Waals surface area contributed by atoms with Crippen LogP contribution in [0, 0.1) is 0 Å². The molecule has 0 aliphatic rings. The molecule has 0 aliphatic carbocycles. The molecule has 35 heavy (non-hydrogen) atoms. The van der Waals surface area contributed by atoms with Gasteiger partial charge in [0.05, 0.1) is 18.8 Å². The van der Waals surface area contributed by atoms with E-state index in [0.717, 1.165) is 70.6 Å². The molecular formula is C27H52O8. The summed E-state index contributed by atoms with van der Waals surface area (Å²) in [5, 5.41) is 0. The van der Waals surface area contributed by atoms with Crippen LogP contribution in [0.3, 0.4) is 0 Å². The molecule has 0 fully saturated rings. The molecule has 0 amide bonds. The van der Waals surface area contributed by atoms with Crippen LogP contribution in [-0.4, -0.2) is 64.7 Å². The summed E-state index contributed by atoms with van der Waals surface area (Å²) in [5.74, 6) is 0. The van der Waals surface area contributed by atoms with E-state index >= 15 is 0 Å². The fourth-order valence-electron chi connectivity index (χ4n) is 3.62. The molecule has 0 aromatic rings. The van der Waals surface area contributed by atoms with Gasteiger partial charge in [0.25, 0.3) is 0 Å². The van der Waals surface area contributed by atoms with Gasteiger partial charge in [-0.2, -0.15) is 0 Å². The standard InChI is InChI=1S/C27H52O8/c1-6-9-18-25(35-27(29)34-22-24(8-3)31-5)19-16-14-12-10-11-13-15-17-20-32-26(28)33-21-23(7-2)30-4/h23-25H,6-22H2,1-5H3. The van der Waals surface area contributed by atoms with Crippen molar-refractivity contribution in [2.45, 2.75) is 129 Å². The molecule has 8 heteroatoms. The third-order valence-corrected chi connectivity index (χ3v) is 6.13. The van der Waals surface area contributed by atoms with E-state index in [4.69, 9.17) is 28.4 Å². The average Bonchev–Trinajstić information content (AvgIpc) is 2.86. The Bertz CT molecular complexity index is 492. The lowest BCUT2D eigenvalue weighted by Crippen LogP contribution is -2.24. The van der Waals surface area contributed by atoms with Gasteiger partial charge in [0.1, 0.15) is 19.3 Å². The summed E-state index contributed by atoms with van der Waals surface area (Å²) in [7, 11) is 3.22. The third kappa shape index (κ3) is 20.4. The molecule has 0 bridgehead atoms. The number of rotatable bonds is 23. The number of unbranched alkanes of at least 4 members (excludes halogenated alkanes) is 8. The van der Waals surface area contributed by atoms with Gasteiger partial charge in [-0.15, -0.1) is 0 Å². The Labute approximate surface area is 213 Å². The topological polar surface area (TPSA) is 89.5 Å². The Balaban J connectivity index is 3.76. The Hall–Kier alpha value is -1.54. The first kappa shape index (κ1) is 33.5.